The third-order valence-electron chi connectivity index (χ3n) is 17.7. The molecule has 0 amide bonds. The van der Waals surface area contributed by atoms with Crippen LogP contribution in [0.1, 0.15) is 137 Å². The molecule has 78 heavy (non-hydrogen) atoms. The van der Waals surface area contributed by atoms with Crippen LogP contribution in [0.5, 0.6) is 34.5 Å². The minimum atomic E-state index is -1.08. The molecule has 11 rings (SSSR count). The van der Waals surface area contributed by atoms with Crippen molar-refractivity contribution in [3.63, 3.8) is 0 Å². The Hall–Kier alpha value is -7.36. The number of unbranched alkanes of at least 4 members (excludes halogenated alkanes) is 2. The van der Waals surface area contributed by atoms with Gasteiger partial charge in [0.05, 0.1) is 33.2 Å². The molecule has 0 radical (unpaired) electrons. The number of carbonyl (C=O) groups is 2. The average Bonchev–Trinajstić information content (AvgIpc) is 3.59. The zero-order valence-corrected chi connectivity index (χ0v) is 46.0. The van der Waals surface area contributed by atoms with Crippen molar-refractivity contribution >= 4 is 28.8 Å². The Balaban J connectivity index is 0.821. The van der Waals surface area contributed by atoms with Crippen molar-refractivity contribution in [3.05, 3.63) is 173 Å². The van der Waals surface area contributed by atoms with E-state index >= 15 is 0 Å². The summed E-state index contributed by atoms with van der Waals surface area (Å²) in [7, 11) is 6.67. The van der Waals surface area contributed by atoms with Crippen molar-refractivity contribution in [3.8, 4) is 56.8 Å². The summed E-state index contributed by atoms with van der Waals surface area (Å²) in [5.41, 5.74) is 8.55. The number of ether oxygens (including phenoxy) is 7. The van der Waals surface area contributed by atoms with Crippen LogP contribution in [-0.4, -0.2) is 40.4 Å². The fourth-order valence-corrected chi connectivity index (χ4v) is 13.2. The fraction of sp³-hybridized carbons (Fsp3) is 0.362. The Morgan fingerprint density at radius 2 is 1.17 bits per heavy atom. The number of methoxy groups -OCH3 is 4. The van der Waals surface area contributed by atoms with Crippen molar-refractivity contribution in [1.82, 2.24) is 0 Å². The molecule has 1 heterocycles. The molecule has 0 bridgehead atoms. The SMILES string of the molecule is CCCCC[C@H]1CC[C@H](c2ccc(-c3ccc(OC(=O)[C@H]4CC[C@H](C(=O)Oc5cc6c7c(c8c(c6cc5OC)OC(c5ccc(OC)cc5)(c5ccc(OC)cc5)C=C8)C(CC)(OC)c5ccccc5-7)CC4)cc3)cc2)CC1. The predicted octanol–water partition coefficient (Wildman–Crippen LogP) is 16.3. The second kappa shape index (κ2) is 22.5. The zero-order valence-electron chi connectivity index (χ0n) is 46.0. The maximum absolute atomic E-state index is 14.3. The summed E-state index contributed by atoms with van der Waals surface area (Å²) in [6.07, 6.45) is 17.6. The van der Waals surface area contributed by atoms with E-state index < -0.39 is 17.1 Å². The van der Waals surface area contributed by atoms with Crippen LogP contribution in [0.4, 0.5) is 0 Å². The summed E-state index contributed by atoms with van der Waals surface area (Å²) < 4.78 is 43.9. The Kier molecular flexibility index (Phi) is 15.2. The standard InChI is InChI=1S/C69H72O9/c1-7-9-10-13-44-16-18-45(19-17-44)46-20-22-47(23-21-46)48-28-34-55(35-29-48)76-66(70)49-24-26-50(27-25-49)67(71)77-62-42-58-59(43-61(62)74-5)65-57(64-63(58)56-14-11-12-15-60(56)68(64,8-2)75-6)40-41-69(78-65,51-30-36-53(72-3)37-31-51)52-32-38-54(73-4)39-33-52/h11-12,14-15,20-23,28-45,49-50H,7-10,13,16-19,24-27H2,1-6H3/t44-,45-,49-,50-,68?. The fourth-order valence-electron chi connectivity index (χ4n) is 13.2. The Morgan fingerprint density at radius 1 is 0.590 bits per heavy atom. The van der Waals surface area contributed by atoms with E-state index in [9.17, 15) is 9.59 Å². The molecular weight excluding hydrogens is 973 g/mol. The number of carbonyl (C=O) groups excluding carboxylic acids is 2. The number of esters is 2. The molecule has 1 aliphatic heterocycles. The third kappa shape index (κ3) is 9.73. The van der Waals surface area contributed by atoms with Crippen molar-refractivity contribution < 1.29 is 42.7 Å². The predicted molar refractivity (Wildman–Crippen MR) is 308 cm³/mol. The van der Waals surface area contributed by atoms with Crippen LogP contribution in [0.2, 0.25) is 0 Å². The maximum atomic E-state index is 14.3. The Labute approximate surface area is 459 Å². The Morgan fingerprint density at radius 3 is 1.74 bits per heavy atom. The van der Waals surface area contributed by atoms with Crippen LogP contribution in [0.25, 0.3) is 39.1 Å². The van der Waals surface area contributed by atoms with Crippen LogP contribution >= 0.6 is 0 Å². The molecule has 2 saturated carbocycles. The first kappa shape index (κ1) is 52.7. The van der Waals surface area contributed by atoms with Crippen LogP contribution in [-0.2, 0) is 25.5 Å². The largest absolute Gasteiger partial charge is 0.497 e. The van der Waals surface area contributed by atoms with Gasteiger partial charge in [0.1, 0.15) is 28.6 Å². The lowest BCUT2D eigenvalue weighted by atomic mass is 9.77. The molecule has 3 aliphatic carbocycles. The molecule has 0 N–H and O–H groups in total. The molecule has 2 fully saturated rings. The summed E-state index contributed by atoms with van der Waals surface area (Å²) in [5, 5.41) is 1.62. The maximum Gasteiger partial charge on any atom is 0.314 e. The lowest BCUT2D eigenvalue weighted by molar-refractivity contribution is -0.145. The van der Waals surface area contributed by atoms with Crippen LogP contribution < -0.4 is 28.4 Å². The van der Waals surface area contributed by atoms with E-state index in [1.165, 1.54) is 56.9 Å². The summed E-state index contributed by atoms with van der Waals surface area (Å²) in [4.78, 5) is 27.9. The van der Waals surface area contributed by atoms with Gasteiger partial charge in [-0.1, -0.05) is 131 Å². The molecule has 9 heteroatoms. The molecule has 0 saturated heterocycles. The van der Waals surface area contributed by atoms with E-state index in [4.69, 9.17) is 33.2 Å². The monoisotopic (exact) mass is 1040 g/mol. The molecular formula is C69H72O9. The molecule has 7 aromatic carbocycles. The van der Waals surface area contributed by atoms with Crippen LogP contribution in [0, 0.1) is 17.8 Å². The average molecular weight is 1050 g/mol. The Bertz CT molecular complexity index is 3250. The van der Waals surface area contributed by atoms with E-state index in [1.807, 2.05) is 91.0 Å². The third-order valence-corrected chi connectivity index (χ3v) is 17.7. The van der Waals surface area contributed by atoms with Gasteiger partial charge in [0.25, 0.3) is 0 Å². The molecule has 1 unspecified atom stereocenters. The van der Waals surface area contributed by atoms with Gasteiger partial charge in [0, 0.05) is 34.7 Å². The van der Waals surface area contributed by atoms with Gasteiger partial charge in [-0.25, -0.2) is 0 Å². The van der Waals surface area contributed by atoms with E-state index in [-0.39, 0.29) is 17.9 Å². The van der Waals surface area contributed by atoms with E-state index in [0.717, 1.165) is 78.3 Å². The van der Waals surface area contributed by atoms with E-state index in [0.29, 0.717) is 61.0 Å². The number of fused-ring (bicyclic) bond motifs is 8. The van der Waals surface area contributed by atoms with Crippen molar-refractivity contribution in [2.45, 2.75) is 114 Å². The summed E-state index contributed by atoms with van der Waals surface area (Å²) in [5.74, 6) is 3.50. The van der Waals surface area contributed by atoms with Crippen molar-refractivity contribution in [1.29, 1.82) is 0 Å². The number of hydrogen-bond donors (Lipinski definition) is 0. The lowest BCUT2D eigenvalue weighted by Gasteiger charge is -2.39. The highest BCUT2D eigenvalue weighted by atomic mass is 16.6. The van der Waals surface area contributed by atoms with Gasteiger partial charge in [-0.3, -0.25) is 9.59 Å². The molecule has 1 atom stereocenters. The van der Waals surface area contributed by atoms with Crippen LogP contribution in [0.3, 0.4) is 0 Å². The first-order valence-electron chi connectivity index (χ1n) is 28.3. The number of rotatable bonds is 17. The van der Waals surface area contributed by atoms with Gasteiger partial charge in [0.15, 0.2) is 17.1 Å². The molecule has 0 aromatic heterocycles. The number of hydrogen-bond acceptors (Lipinski definition) is 9. The second-order valence-electron chi connectivity index (χ2n) is 21.9. The molecule has 0 spiro atoms. The van der Waals surface area contributed by atoms with Gasteiger partial charge < -0.3 is 33.2 Å². The minimum Gasteiger partial charge on any atom is -0.497 e. The van der Waals surface area contributed by atoms with Gasteiger partial charge in [-0.2, -0.15) is 0 Å². The van der Waals surface area contributed by atoms with Gasteiger partial charge in [-0.15, -0.1) is 0 Å². The molecule has 7 aromatic rings. The minimum absolute atomic E-state index is 0.271. The van der Waals surface area contributed by atoms with Crippen molar-refractivity contribution in [2.24, 2.45) is 17.8 Å². The molecule has 4 aliphatic rings. The van der Waals surface area contributed by atoms with E-state index in [1.54, 1.807) is 28.4 Å². The van der Waals surface area contributed by atoms with Crippen molar-refractivity contribution in [2.75, 3.05) is 28.4 Å². The molecule has 9 nitrogen and oxygen atoms in total. The highest BCUT2D eigenvalue weighted by molar-refractivity contribution is 6.09. The zero-order chi connectivity index (χ0) is 54.0. The first-order valence-corrected chi connectivity index (χ1v) is 28.3. The van der Waals surface area contributed by atoms with E-state index in [2.05, 4.69) is 68.5 Å². The van der Waals surface area contributed by atoms with Gasteiger partial charge >= 0.3 is 11.9 Å². The quantitative estimate of drug-likeness (QED) is 0.0502. The van der Waals surface area contributed by atoms with Gasteiger partial charge in [0.2, 0.25) is 0 Å². The molecule has 402 valence electrons. The smallest absolute Gasteiger partial charge is 0.314 e. The number of benzene rings is 7. The second-order valence-corrected chi connectivity index (χ2v) is 21.9. The van der Waals surface area contributed by atoms with Crippen LogP contribution in [0.15, 0.2) is 140 Å². The normalized spacial score (nSPS) is 20.9. The summed E-state index contributed by atoms with van der Waals surface area (Å²) in [6, 6.07) is 45.0. The lowest BCUT2D eigenvalue weighted by Crippen LogP contribution is -2.35. The van der Waals surface area contributed by atoms with Gasteiger partial charge in [-0.05, 0) is 163 Å². The highest BCUT2D eigenvalue weighted by Gasteiger charge is 2.48. The highest BCUT2D eigenvalue weighted by Crippen LogP contribution is 2.60. The topological polar surface area (TPSA) is 98.8 Å². The summed E-state index contributed by atoms with van der Waals surface area (Å²) >= 11 is 0. The summed E-state index contributed by atoms with van der Waals surface area (Å²) in [6.45, 7) is 4.43. The first-order chi connectivity index (χ1) is 38.1.